The molecular formula is C16H21N5O4. The second kappa shape index (κ2) is 7.58. The third-order valence-corrected chi connectivity index (χ3v) is 4.24. The number of carbonyl (C=O) groups excluding carboxylic acids is 1. The van der Waals surface area contributed by atoms with Crippen molar-refractivity contribution in [3.05, 3.63) is 45.9 Å². The SMILES string of the molecule is COCc1nc(C2CC(NC(=O)c3ccnn3CCO)C2)cc(=O)[nH]1. The lowest BCUT2D eigenvalue weighted by molar-refractivity contribution is 0.0895. The zero-order valence-electron chi connectivity index (χ0n) is 13.9. The molecule has 1 fully saturated rings. The van der Waals surface area contributed by atoms with Crippen molar-refractivity contribution in [3.63, 3.8) is 0 Å². The molecule has 0 aromatic carbocycles. The molecule has 0 unspecified atom stereocenters. The van der Waals surface area contributed by atoms with Crippen LogP contribution in [0.25, 0.3) is 0 Å². The van der Waals surface area contributed by atoms with Crippen molar-refractivity contribution in [2.24, 2.45) is 0 Å². The quantitative estimate of drug-likeness (QED) is 0.636. The van der Waals surface area contributed by atoms with Crippen LogP contribution < -0.4 is 10.9 Å². The molecule has 9 nitrogen and oxygen atoms in total. The normalized spacial score (nSPS) is 19.4. The number of ether oxygens (including phenoxy) is 1. The largest absolute Gasteiger partial charge is 0.394 e. The van der Waals surface area contributed by atoms with Gasteiger partial charge >= 0.3 is 0 Å². The topological polar surface area (TPSA) is 122 Å². The Labute approximate surface area is 144 Å². The lowest BCUT2D eigenvalue weighted by atomic mass is 9.78. The standard InChI is InChI=1S/C16H21N5O4/c1-25-9-14-19-12(8-15(23)20-14)10-6-11(7-10)18-16(24)13-2-3-17-21(13)4-5-22/h2-3,8,10-11,22H,4-7,9H2,1H3,(H,18,24)(H,19,20,23). The van der Waals surface area contributed by atoms with Gasteiger partial charge < -0.3 is 20.1 Å². The molecule has 1 amide bonds. The Kier molecular flexibility index (Phi) is 5.25. The van der Waals surface area contributed by atoms with E-state index in [9.17, 15) is 9.59 Å². The summed E-state index contributed by atoms with van der Waals surface area (Å²) in [7, 11) is 1.54. The summed E-state index contributed by atoms with van der Waals surface area (Å²) in [6.45, 7) is 0.457. The maximum absolute atomic E-state index is 12.3. The van der Waals surface area contributed by atoms with Crippen molar-refractivity contribution in [1.82, 2.24) is 25.1 Å². The fourth-order valence-electron chi connectivity index (χ4n) is 2.98. The highest BCUT2D eigenvalue weighted by atomic mass is 16.5. The van der Waals surface area contributed by atoms with E-state index in [4.69, 9.17) is 9.84 Å². The van der Waals surface area contributed by atoms with E-state index in [0.29, 0.717) is 11.5 Å². The van der Waals surface area contributed by atoms with Crippen molar-refractivity contribution in [2.45, 2.75) is 38.0 Å². The Bertz CT molecular complexity index is 794. The van der Waals surface area contributed by atoms with Crippen LogP contribution >= 0.6 is 0 Å². The first-order valence-electron chi connectivity index (χ1n) is 8.13. The highest BCUT2D eigenvalue weighted by Crippen LogP contribution is 2.35. The van der Waals surface area contributed by atoms with Crippen molar-refractivity contribution in [3.8, 4) is 0 Å². The van der Waals surface area contributed by atoms with Gasteiger partial charge in [0.05, 0.1) is 18.8 Å². The third-order valence-electron chi connectivity index (χ3n) is 4.24. The number of methoxy groups -OCH3 is 1. The molecule has 0 aliphatic heterocycles. The lowest BCUT2D eigenvalue weighted by Crippen LogP contribution is -2.44. The van der Waals surface area contributed by atoms with E-state index in [-0.39, 0.29) is 43.2 Å². The van der Waals surface area contributed by atoms with Crippen LogP contribution in [0.1, 0.15) is 40.8 Å². The van der Waals surface area contributed by atoms with Gasteiger partial charge in [0.2, 0.25) is 0 Å². The number of carbonyl (C=O) groups is 1. The molecule has 3 N–H and O–H groups in total. The predicted molar refractivity (Wildman–Crippen MR) is 88.1 cm³/mol. The summed E-state index contributed by atoms with van der Waals surface area (Å²) in [6, 6.07) is 3.15. The predicted octanol–water partition coefficient (Wildman–Crippen LogP) is -0.219. The number of aromatic nitrogens is 4. The first kappa shape index (κ1) is 17.3. The van der Waals surface area contributed by atoms with Gasteiger partial charge in [0.15, 0.2) is 0 Å². The molecule has 2 aromatic heterocycles. The molecule has 2 aromatic rings. The summed E-state index contributed by atoms with van der Waals surface area (Å²) in [5.74, 6) is 0.435. The molecule has 0 saturated heterocycles. The average Bonchev–Trinajstić information content (AvgIpc) is 2.98. The minimum Gasteiger partial charge on any atom is -0.394 e. The number of aliphatic hydroxyl groups excluding tert-OH is 1. The Morgan fingerprint density at radius 2 is 2.32 bits per heavy atom. The summed E-state index contributed by atoms with van der Waals surface area (Å²) < 4.78 is 6.47. The Morgan fingerprint density at radius 1 is 1.52 bits per heavy atom. The monoisotopic (exact) mass is 347 g/mol. The molecule has 1 saturated carbocycles. The van der Waals surface area contributed by atoms with Crippen molar-refractivity contribution < 1.29 is 14.6 Å². The molecule has 0 atom stereocenters. The van der Waals surface area contributed by atoms with Crippen LogP contribution in [0.2, 0.25) is 0 Å². The smallest absolute Gasteiger partial charge is 0.269 e. The number of amides is 1. The molecule has 0 radical (unpaired) electrons. The zero-order chi connectivity index (χ0) is 17.8. The number of nitrogens with one attached hydrogen (secondary N) is 2. The Hall–Kier alpha value is -2.52. The van der Waals surface area contributed by atoms with E-state index in [1.165, 1.54) is 16.9 Å². The molecule has 1 aliphatic carbocycles. The summed E-state index contributed by atoms with van der Waals surface area (Å²) in [6.07, 6.45) is 2.98. The maximum atomic E-state index is 12.3. The van der Waals surface area contributed by atoms with Crippen LogP contribution in [0.5, 0.6) is 0 Å². The molecule has 3 rings (SSSR count). The van der Waals surface area contributed by atoms with Gasteiger partial charge in [-0.1, -0.05) is 0 Å². The summed E-state index contributed by atoms with van der Waals surface area (Å²) in [4.78, 5) is 31.0. The Balaban J connectivity index is 1.58. The van der Waals surface area contributed by atoms with Gasteiger partial charge in [0.25, 0.3) is 11.5 Å². The third kappa shape index (κ3) is 3.94. The minimum atomic E-state index is -0.214. The van der Waals surface area contributed by atoms with Crippen LogP contribution in [0.4, 0.5) is 0 Å². The summed E-state index contributed by atoms with van der Waals surface area (Å²) in [5.41, 5.74) is 0.957. The molecule has 9 heteroatoms. The molecule has 25 heavy (non-hydrogen) atoms. The molecule has 2 heterocycles. The van der Waals surface area contributed by atoms with E-state index in [2.05, 4.69) is 20.4 Å². The number of aliphatic hydroxyl groups is 1. The summed E-state index contributed by atoms with van der Waals surface area (Å²) in [5, 5.41) is 16.0. The highest BCUT2D eigenvalue weighted by molar-refractivity contribution is 5.92. The van der Waals surface area contributed by atoms with E-state index in [1.54, 1.807) is 13.2 Å². The number of hydrogen-bond acceptors (Lipinski definition) is 6. The van der Waals surface area contributed by atoms with Crippen LogP contribution in [0.3, 0.4) is 0 Å². The van der Waals surface area contributed by atoms with Crippen molar-refractivity contribution in [1.29, 1.82) is 0 Å². The van der Waals surface area contributed by atoms with Crippen molar-refractivity contribution in [2.75, 3.05) is 13.7 Å². The zero-order valence-corrected chi connectivity index (χ0v) is 13.9. The molecule has 0 bridgehead atoms. The molecule has 134 valence electrons. The van der Waals surface area contributed by atoms with Crippen LogP contribution in [-0.2, 0) is 17.9 Å². The van der Waals surface area contributed by atoms with Crippen LogP contribution in [-0.4, -0.2) is 50.5 Å². The number of aromatic amines is 1. The fraction of sp³-hybridized carbons (Fsp3) is 0.500. The van der Waals surface area contributed by atoms with Gasteiger partial charge in [0, 0.05) is 31.3 Å². The molecule has 0 spiro atoms. The number of H-pyrrole nitrogens is 1. The van der Waals surface area contributed by atoms with Crippen LogP contribution in [0.15, 0.2) is 23.1 Å². The van der Waals surface area contributed by atoms with Gasteiger partial charge in [-0.3, -0.25) is 14.3 Å². The van der Waals surface area contributed by atoms with E-state index >= 15 is 0 Å². The van der Waals surface area contributed by atoms with Crippen LogP contribution in [0, 0.1) is 0 Å². The first-order valence-corrected chi connectivity index (χ1v) is 8.13. The highest BCUT2D eigenvalue weighted by Gasteiger charge is 2.33. The Morgan fingerprint density at radius 3 is 3.04 bits per heavy atom. The second-order valence-corrected chi connectivity index (χ2v) is 6.05. The van der Waals surface area contributed by atoms with Gasteiger partial charge in [-0.15, -0.1) is 0 Å². The van der Waals surface area contributed by atoms with Gasteiger partial charge in [-0.2, -0.15) is 5.10 Å². The van der Waals surface area contributed by atoms with Gasteiger partial charge in [-0.05, 0) is 18.9 Å². The molecular weight excluding hydrogens is 326 g/mol. The van der Waals surface area contributed by atoms with Crippen molar-refractivity contribution >= 4 is 5.91 Å². The van der Waals surface area contributed by atoms with E-state index < -0.39 is 0 Å². The van der Waals surface area contributed by atoms with Gasteiger partial charge in [-0.25, -0.2) is 4.98 Å². The fourth-order valence-corrected chi connectivity index (χ4v) is 2.98. The number of rotatable bonds is 7. The van der Waals surface area contributed by atoms with E-state index in [1.807, 2.05) is 0 Å². The average molecular weight is 347 g/mol. The number of hydrogen-bond donors (Lipinski definition) is 3. The number of nitrogens with zero attached hydrogens (tertiary/aromatic N) is 3. The minimum absolute atomic E-state index is 0.0296. The summed E-state index contributed by atoms with van der Waals surface area (Å²) >= 11 is 0. The maximum Gasteiger partial charge on any atom is 0.269 e. The second-order valence-electron chi connectivity index (χ2n) is 6.05. The van der Waals surface area contributed by atoms with Gasteiger partial charge in [0.1, 0.15) is 18.1 Å². The first-order chi connectivity index (χ1) is 12.1. The lowest BCUT2D eigenvalue weighted by Gasteiger charge is -2.35. The van der Waals surface area contributed by atoms with E-state index in [0.717, 1.165) is 18.5 Å². The molecule has 1 aliphatic rings.